The van der Waals surface area contributed by atoms with Gasteiger partial charge in [-0.3, -0.25) is 0 Å². The van der Waals surface area contributed by atoms with Gasteiger partial charge >= 0.3 is 0 Å². The summed E-state index contributed by atoms with van der Waals surface area (Å²) in [6.45, 7) is 5.31. The zero-order valence-corrected chi connectivity index (χ0v) is 13.4. The summed E-state index contributed by atoms with van der Waals surface area (Å²) < 4.78 is 5.50. The minimum absolute atomic E-state index is 0.691. The van der Waals surface area contributed by atoms with Crippen LogP contribution < -0.4 is 10.1 Å². The van der Waals surface area contributed by atoms with Gasteiger partial charge < -0.3 is 10.1 Å². The highest BCUT2D eigenvalue weighted by molar-refractivity contribution is 5.66. The standard InChI is InChI=1S/C19H25NO/c1-14(2)11-15-5-7-16(8-6-15)17-9-10-18(13-20-3)19(12-17)21-4/h5-10,12,14,20H,11,13H2,1-4H3. The molecule has 0 fully saturated rings. The highest BCUT2D eigenvalue weighted by Gasteiger charge is 2.06. The van der Waals surface area contributed by atoms with Crippen LogP contribution in [0.15, 0.2) is 42.5 Å². The van der Waals surface area contributed by atoms with Crippen molar-refractivity contribution in [1.29, 1.82) is 0 Å². The summed E-state index contributed by atoms with van der Waals surface area (Å²) in [7, 11) is 3.67. The first-order valence-electron chi connectivity index (χ1n) is 7.55. The van der Waals surface area contributed by atoms with Gasteiger partial charge in [0.2, 0.25) is 0 Å². The molecule has 0 radical (unpaired) electrons. The zero-order valence-electron chi connectivity index (χ0n) is 13.4. The minimum atomic E-state index is 0.691. The number of methoxy groups -OCH3 is 1. The van der Waals surface area contributed by atoms with E-state index < -0.39 is 0 Å². The molecular weight excluding hydrogens is 258 g/mol. The zero-order chi connectivity index (χ0) is 15.2. The van der Waals surface area contributed by atoms with E-state index in [0.29, 0.717) is 5.92 Å². The van der Waals surface area contributed by atoms with Crippen molar-refractivity contribution in [2.24, 2.45) is 5.92 Å². The summed E-state index contributed by atoms with van der Waals surface area (Å²) in [6.07, 6.45) is 1.13. The van der Waals surface area contributed by atoms with Crippen molar-refractivity contribution in [1.82, 2.24) is 5.32 Å². The van der Waals surface area contributed by atoms with E-state index in [1.165, 1.54) is 22.3 Å². The fraction of sp³-hybridized carbons (Fsp3) is 0.368. The molecule has 2 aromatic carbocycles. The van der Waals surface area contributed by atoms with E-state index in [4.69, 9.17) is 4.74 Å². The third-order valence-electron chi connectivity index (χ3n) is 3.59. The molecule has 0 heterocycles. The highest BCUT2D eigenvalue weighted by atomic mass is 16.5. The predicted octanol–water partition coefficient (Wildman–Crippen LogP) is 4.28. The Morgan fingerprint density at radius 3 is 2.24 bits per heavy atom. The quantitative estimate of drug-likeness (QED) is 0.854. The van der Waals surface area contributed by atoms with Gasteiger partial charge in [-0.1, -0.05) is 50.2 Å². The van der Waals surface area contributed by atoms with Crippen molar-refractivity contribution < 1.29 is 4.74 Å². The van der Waals surface area contributed by atoms with E-state index in [1.807, 2.05) is 7.05 Å². The van der Waals surface area contributed by atoms with Crippen molar-refractivity contribution in [2.75, 3.05) is 14.2 Å². The largest absolute Gasteiger partial charge is 0.496 e. The van der Waals surface area contributed by atoms with Crippen molar-refractivity contribution >= 4 is 0 Å². The van der Waals surface area contributed by atoms with E-state index in [2.05, 4.69) is 61.6 Å². The Kier molecular flexibility index (Phi) is 5.40. The summed E-state index contributed by atoms with van der Waals surface area (Å²) in [5.41, 5.74) is 5.01. The Morgan fingerprint density at radius 2 is 1.67 bits per heavy atom. The fourth-order valence-electron chi connectivity index (χ4n) is 2.57. The first-order valence-corrected chi connectivity index (χ1v) is 7.55. The Morgan fingerprint density at radius 1 is 1.00 bits per heavy atom. The number of rotatable bonds is 6. The van der Waals surface area contributed by atoms with Crippen molar-refractivity contribution in [3.05, 3.63) is 53.6 Å². The minimum Gasteiger partial charge on any atom is -0.496 e. The smallest absolute Gasteiger partial charge is 0.123 e. The summed E-state index contributed by atoms with van der Waals surface area (Å²) in [4.78, 5) is 0. The maximum Gasteiger partial charge on any atom is 0.123 e. The van der Waals surface area contributed by atoms with Crippen LogP contribution in [0.4, 0.5) is 0 Å². The van der Waals surface area contributed by atoms with Crippen LogP contribution in [0.25, 0.3) is 11.1 Å². The molecule has 2 nitrogen and oxygen atoms in total. The van der Waals surface area contributed by atoms with Gasteiger partial charge in [-0.15, -0.1) is 0 Å². The Balaban J connectivity index is 2.25. The molecule has 0 saturated heterocycles. The molecule has 0 aromatic heterocycles. The van der Waals surface area contributed by atoms with Crippen LogP contribution >= 0.6 is 0 Å². The summed E-state index contributed by atoms with van der Waals surface area (Å²) in [6, 6.07) is 15.3. The van der Waals surface area contributed by atoms with E-state index in [1.54, 1.807) is 7.11 Å². The maximum atomic E-state index is 5.50. The normalized spacial score (nSPS) is 10.9. The molecule has 2 heteroatoms. The molecule has 2 rings (SSSR count). The second-order valence-corrected chi connectivity index (χ2v) is 5.85. The lowest BCUT2D eigenvalue weighted by Crippen LogP contribution is -2.06. The molecule has 112 valence electrons. The van der Waals surface area contributed by atoms with Gasteiger partial charge in [-0.05, 0) is 42.1 Å². The number of benzene rings is 2. The van der Waals surface area contributed by atoms with Gasteiger partial charge in [0.1, 0.15) is 5.75 Å². The molecule has 0 bridgehead atoms. The average molecular weight is 283 g/mol. The maximum absolute atomic E-state index is 5.50. The average Bonchev–Trinajstić information content (AvgIpc) is 2.48. The second kappa shape index (κ2) is 7.28. The second-order valence-electron chi connectivity index (χ2n) is 5.85. The van der Waals surface area contributed by atoms with Crippen LogP contribution in [0, 0.1) is 5.92 Å². The molecule has 1 N–H and O–H groups in total. The fourth-order valence-corrected chi connectivity index (χ4v) is 2.57. The Labute approximate surface area is 128 Å². The SMILES string of the molecule is CNCc1ccc(-c2ccc(CC(C)C)cc2)cc1OC. The van der Waals surface area contributed by atoms with Gasteiger partial charge in [0.15, 0.2) is 0 Å². The first-order chi connectivity index (χ1) is 10.1. The number of hydrogen-bond donors (Lipinski definition) is 1. The summed E-state index contributed by atoms with van der Waals surface area (Å²) >= 11 is 0. The van der Waals surface area contributed by atoms with Gasteiger partial charge in [-0.25, -0.2) is 0 Å². The molecule has 0 atom stereocenters. The topological polar surface area (TPSA) is 21.3 Å². The summed E-state index contributed by atoms with van der Waals surface area (Å²) in [5, 5.41) is 3.16. The van der Waals surface area contributed by atoms with E-state index >= 15 is 0 Å². The van der Waals surface area contributed by atoms with Crippen LogP contribution in [0.3, 0.4) is 0 Å². The van der Waals surface area contributed by atoms with Crippen LogP contribution in [-0.4, -0.2) is 14.2 Å². The van der Waals surface area contributed by atoms with E-state index in [-0.39, 0.29) is 0 Å². The van der Waals surface area contributed by atoms with Gasteiger partial charge in [0.05, 0.1) is 7.11 Å². The van der Waals surface area contributed by atoms with Crippen molar-refractivity contribution in [3.8, 4) is 16.9 Å². The molecule has 0 aliphatic carbocycles. The van der Waals surface area contributed by atoms with Crippen molar-refractivity contribution in [3.63, 3.8) is 0 Å². The van der Waals surface area contributed by atoms with Gasteiger partial charge in [0, 0.05) is 12.1 Å². The summed E-state index contributed by atoms with van der Waals surface area (Å²) in [5.74, 6) is 1.63. The third kappa shape index (κ3) is 4.08. The lowest BCUT2D eigenvalue weighted by molar-refractivity contribution is 0.408. The molecular formula is C19H25NO. The van der Waals surface area contributed by atoms with Crippen LogP contribution in [0.5, 0.6) is 5.75 Å². The van der Waals surface area contributed by atoms with Crippen molar-refractivity contribution in [2.45, 2.75) is 26.8 Å². The monoisotopic (exact) mass is 283 g/mol. The number of nitrogens with one attached hydrogen (secondary N) is 1. The predicted molar refractivity (Wildman–Crippen MR) is 89.7 cm³/mol. The Hall–Kier alpha value is -1.80. The van der Waals surface area contributed by atoms with Gasteiger partial charge in [-0.2, -0.15) is 0 Å². The lowest BCUT2D eigenvalue weighted by Gasteiger charge is -2.11. The molecule has 0 saturated carbocycles. The molecule has 0 amide bonds. The molecule has 0 unspecified atom stereocenters. The van der Waals surface area contributed by atoms with Gasteiger partial charge in [0.25, 0.3) is 0 Å². The molecule has 21 heavy (non-hydrogen) atoms. The highest BCUT2D eigenvalue weighted by Crippen LogP contribution is 2.27. The molecule has 0 aliphatic rings. The molecule has 2 aromatic rings. The lowest BCUT2D eigenvalue weighted by atomic mass is 9.98. The first kappa shape index (κ1) is 15.6. The van der Waals surface area contributed by atoms with E-state index in [9.17, 15) is 0 Å². The number of ether oxygens (including phenoxy) is 1. The van der Waals surface area contributed by atoms with Crippen LogP contribution in [0.2, 0.25) is 0 Å². The number of hydrogen-bond acceptors (Lipinski definition) is 2. The van der Waals surface area contributed by atoms with Crippen LogP contribution in [0.1, 0.15) is 25.0 Å². The van der Waals surface area contributed by atoms with E-state index in [0.717, 1.165) is 18.7 Å². The Bertz CT molecular complexity index is 573. The van der Waals surface area contributed by atoms with Crippen LogP contribution in [-0.2, 0) is 13.0 Å². The molecule has 0 spiro atoms. The third-order valence-corrected chi connectivity index (χ3v) is 3.59. The molecule has 0 aliphatic heterocycles.